The normalized spacial score (nSPS) is 23.9. The Kier molecular flexibility index (Phi) is 6.21. The number of anilines is 1. The lowest BCUT2D eigenvalue weighted by Gasteiger charge is -2.37. The summed E-state index contributed by atoms with van der Waals surface area (Å²) < 4.78 is 13.1. The number of rotatable bonds is 5. The van der Waals surface area contributed by atoms with Crippen LogP contribution in [-0.4, -0.2) is 53.4 Å². The minimum atomic E-state index is -0.293. The first-order valence-corrected chi connectivity index (χ1v) is 10.5. The van der Waals surface area contributed by atoms with Gasteiger partial charge in [0.15, 0.2) is 0 Å². The Balaban J connectivity index is 1.27. The molecule has 1 amide bonds. The molecule has 0 aliphatic carbocycles. The van der Waals surface area contributed by atoms with E-state index in [1.54, 1.807) is 12.1 Å². The van der Waals surface area contributed by atoms with E-state index < -0.39 is 0 Å². The van der Waals surface area contributed by atoms with Gasteiger partial charge in [-0.05, 0) is 81.7 Å². The Morgan fingerprint density at radius 1 is 1.17 bits per heavy atom. The number of hydrogen-bond donors (Lipinski definition) is 1. The molecule has 0 unspecified atom stereocenters. The third-order valence-electron chi connectivity index (χ3n) is 6.37. The van der Waals surface area contributed by atoms with Crippen LogP contribution in [0, 0.1) is 17.7 Å². The molecular weight excluding hydrogens is 367 g/mol. The van der Waals surface area contributed by atoms with Gasteiger partial charge in [0.05, 0.1) is 11.6 Å². The Morgan fingerprint density at radius 3 is 2.62 bits per heavy atom. The lowest BCUT2D eigenvalue weighted by molar-refractivity contribution is -0.119. The van der Waals surface area contributed by atoms with E-state index in [1.807, 2.05) is 18.3 Å². The molecule has 2 saturated heterocycles. The summed E-state index contributed by atoms with van der Waals surface area (Å²) >= 11 is 0. The van der Waals surface area contributed by atoms with Crippen LogP contribution in [0.2, 0.25) is 0 Å². The standard InChI is InChI=1S/C23H29FN4O/c1-27-15-18(23(29)26-20-7-5-19(24)6-8-20)14-22(27)17-9-12-28(13-10-17)16-21-4-2-3-11-25-21/h2-8,11,17-18,22H,9-10,12-16H2,1H3,(H,26,29)/t18-,22-/m1/s1. The van der Waals surface area contributed by atoms with Gasteiger partial charge >= 0.3 is 0 Å². The van der Waals surface area contributed by atoms with Crippen LogP contribution >= 0.6 is 0 Å². The SMILES string of the molecule is CN1C[C@H](C(=O)Nc2ccc(F)cc2)C[C@@H]1C1CCN(Cc2ccccn2)CC1. The fourth-order valence-electron chi connectivity index (χ4n) is 4.77. The number of hydrogen-bond acceptors (Lipinski definition) is 4. The first kappa shape index (κ1) is 20.0. The van der Waals surface area contributed by atoms with E-state index in [9.17, 15) is 9.18 Å². The zero-order valence-corrected chi connectivity index (χ0v) is 16.9. The summed E-state index contributed by atoms with van der Waals surface area (Å²) in [5, 5.41) is 2.94. The van der Waals surface area contributed by atoms with E-state index in [1.165, 1.54) is 12.1 Å². The van der Waals surface area contributed by atoms with E-state index in [4.69, 9.17) is 0 Å². The largest absolute Gasteiger partial charge is 0.326 e. The number of amides is 1. The Morgan fingerprint density at radius 2 is 1.93 bits per heavy atom. The van der Waals surface area contributed by atoms with Crippen molar-refractivity contribution in [1.82, 2.24) is 14.8 Å². The highest BCUT2D eigenvalue weighted by atomic mass is 19.1. The number of likely N-dealkylation sites (tertiary alicyclic amines) is 2. The van der Waals surface area contributed by atoms with Crippen LogP contribution in [0.3, 0.4) is 0 Å². The van der Waals surface area contributed by atoms with Gasteiger partial charge in [0.1, 0.15) is 5.82 Å². The summed E-state index contributed by atoms with van der Waals surface area (Å²) in [5.74, 6) is 0.363. The highest BCUT2D eigenvalue weighted by molar-refractivity contribution is 5.92. The second-order valence-electron chi connectivity index (χ2n) is 8.37. The van der Waals surface area contributed by atoms with Gasteiger partial charge in [-0.15, -0.1) is 0 Å². The highest BCUT2D eigenvalue weighted by Gasteiger charge is 2.39. The monoisotopic (exact) mass is 396 g/mol. The summed E-state index contributed by atoms with van der Waals surface area (Å²) in [6, 6.07) is 12.5. The average Bonchev–Trinajstić information content (AvgIpc) is 3.13. The van der Waals surface area contributed by atoms with E-state index >= 15 is 0 Å². The molecule has 1 aromatic carbocycles. The maximum atomic E-state index is 13.1. The predicted octanol–water partition coefficient (Wildman–Crippen LogP) is 3.39. The molecule has 0 spiro atoms. The fourth-order valence-corrected chi connectivity index (χ4v) is 4.77. The fraction of sp³-hybridized carbons (Fsp3) is 0.478. The van der Waals surface area contributed by atoms with E-state index in [2.05, 4.69) is 33.2 Å². The summed E-state index contributed by atoms with van der Waals surface area (Å²) in [4.78, 5) is 22.0. The number of piperidine rings is 1. The van der Waals surface area contributed by atoms with Crippen molar-refractivity contribution < 1.29 is 9.18 Å². The van der Waals surface area contributed by atoms with Crippen LogP contribution in [0.25, 0.3) is 0 Å². The molecular formula is C23H29FN4O. The summed E-state index contributed by atoms with van der Waals surface area (Å²) in [6.07, 6.45) is 5.07. The topological polar surface area (TPSA) is 48.5 Å². The minimum Gasteiger partial charge on any atom is -0.326 e. The average molecular weight is 397 g/mol. The van der Waals surface area contributed by atoms with Crippen molar-refractivity contribution in [2.24, 2.45) is 11.8 Å². The maximum Gasteiger partial charge on any atom is 0.228 e. The van der Waals surface area contributed by atoms with Gasteiger partial charge in [0.2, 0.25) is 5.91 Å². The van der Waals surface area contributed by atoms with Gasteiger partial charge in [0.25, 0.3) is 0 Å². The quantitative estimate of drug-likeness (QED) is 0.842. The number of nitrogens with zero attached hydrogens (tertiary/aromatic N) is 3. The third-order valence-corrected chi connectivity index (χ3v) is 6.37. The molecule has 2 fully saturated rings. The second-order valence-corrected chi connectivity index (χ2v) is 8.37. The lowest BCUT2D eigenvalue weighted by atomic mass is 9.86. The van der Waals surface area contributed by atoms with Gasteiger partial charge in [-0.2, -0.15) is 0 Å². The molecule has 4 rings (SSSR count). The number of carbonyl (C=O) groups excluding carboxylic acids is 1. The molecule has 6 heteroatoms. The summed E-state index contributed by atoms with van der Waals surface area (Å²) in [5.41, 5.74) is 1.78. The molecule has 0 bridgehead atoms. The predicted molar refractivity (Wildman–Crippen MR) is 112 cm³/mol. The van der Waals surface area contributed by atoms with E-state index in [0.29, 0.717) is 17.6 Å². The van der Waals surface area contributed by atoms with Gasteiger partial charge in [-0.3, -0.25) is 14.7 Å². The summed E-state index contributed by atoms with van der Waals surface area (Å²) in [7, 11) is 2.14. The van der Waals surface area contributed by atoms with Crippen LogP contribution < -0.4 is 5.32 Å². The van der Waals surface area contributed by atoms with Crippen molar-refractivity contribution >= 4 is 11.6 Å². The second kappa shape index (κ2) is 9.01. The maximum absolute atomic E-state index is 13.1. The minimum absolute atomic E-state index is 0.0124. The highest BCUT2D eigenvalue weighted by Crippen LogP contribution is 2.33. The van der Waals surface area contributed by atoms with Crippen molar-refractivity contribution in [3.8, 4) is 0 Å². The molecule has 154 valence electrons. The van der Waals surface area contributed by atoms with E-state index in [-0.39, 0.29) is 17.6 Å². The lowest BCUT2D eigenvalue weighted by Crippen LogP contribution is -2.41. The molecule has 2 aliphatic heterocycles. The van der Waals surface area contributed by atoms with Crippen molar-refractivity contribution in [3.05, 3.63) is 60.2 Å². The smallest absolute Gasteiger partial charge is 0.228 e. The number of benzene rings is 1. The molecule has 1 aromatic heterocycles. The molecule has 2 aromatic rings. The van der Waals surface area contributed by atoms with Crippen LogP contribution in [0.5, 0.6) is 0 Å². The van der Waals surface area contributed by atoms with Gasteiger partial charge in [-0.1, -0.05) is 6.07 Å². The first-order valence-electron chi connectivity index (χ1n) is 10.5. The van der Waals surface area contributed by atoms with Gasteiger partial charge in [-0.25, -0.2) is 4.39 Å². The van der Waals surface area contributed by atoms with Crippen LogP contribution in [-0.2, 0) is 11.3 Å². The molecule has 1 N–H and O–H groups in total. The summed E-state index contributed by atoms with van der Waals surface area (Å²) in [6.45, 7) is 3.86. The van der Waals surface area contributed by atoms with Crippen LogP contribution in [0.4, 0.5) is 10.1 Å². The van der Waals surface area contributed by atoms with Gasteiger partial charge < -0.3 is 10.2 Å². The molecule has 3 heterocycles. The molecule has 5 nitrogen and oxygen atoms in total. The van der Waals surface area contributed by atoms with Crippen molar-refractivity contribution in [2.45, 2.75) is 31.8 Å². The number of nitrogens with one attached hydrogen (secondary N) is 1. The molecule has 0 saturated carbocycles. The van der Waals surface area contributed by atoms with Crippen LogP contribution in [0.1, 0.15) is 25.0 Å². The van der Waals surface area contributed by atoms with Gasteiger partial charge in [0, 0.05) is 31.0 Å². The number of halogens is 1. The van der Waals surface area contributed by atoms with Crippen LogP contribution in [0.15, 0.2) is 48.7 Å². The Labute approximate surface area is 171 Å². The number of carbonyl (C=O) groups is 1. The Hall–Kier alpha value is -2.31. The van der Waals surface area contributed by atoms with Crippen molar-refractivity contribution in [1.29, 1.82) is 0 Å². The molecule has 29 heavy (non-hydrogen) atoms. The first-order chi connectivity index (χ1) is 14.1. The Bertz CT molecular complexity index is 805. The zero-order valence-electron chi connectivity index (χ0n) is 16.9. The van der Waals surface area contributed by atoms with E-state index in [0.717, 1.165) is 51.1 Å². The number of pyridine rings is 1. The molecule has 0 radical (unpaired) electrons. The molecule has 2 aliphatic rings. The van der Waals surface area contributed by atoms with Crippen molar-refractivity contribution in [2.75, 3.05) is 32.0 Å². The number of aromatic nitrogens is 1. The zero-order chi connectivity index (χ0) is 20.2. The van der Waals surface area contributed by atoms with Crippen molar-refractivity contribution in [3.63, 3.8) is 0 Å². The molecule has 2 atom stereocenters. The third kappa shape index (κ3) is 5.00.